The van der Waals surface area contributed by atoms with Crippen molar-refractivity contribution in [2.75, 3.05) is 5.32 Å². The van der Waals surface area contributed by atoms with Gasteiger partial charge in [0.15, 0.2) is 35.3 Å². The van der Waals surface area contributed by atoms with Crippen LogP contribution >= 0.6 is 0 Å². The van der Waals surface area contributed by atoms with Gasteiger partial charge in [-0.3, -0.25) is 9.55 Å². The number of anilines is 1. The molecule has 11 heteroatoms. The van der Waals surface area contributed by atoms with Gasteiger partial charge in [-0.25, -0.2) is 18.9 Å². The van der Waals surface area contributed by atoms with E-state index in [9.17, 15) is 9.18 Å². The lowest BCUT2D eigenvalue weighted by atomic mass is 10.2. The van der Waals surface area contributed by atoms with E-state index >= 15 is 0 Å². The molecule has 2 unspecified atom stereocenters. The number of nitrogens with zero attached hydrogens (tertiary/aromatic N) is 5. The van der Waals surface area contributed by atoms with Gasteiger partial charge in [0.05, 0.1) is 11.9 Å². The van der Waals surface area contributed by atoms with Crippen LogP contribution in [0.2, 0.25) is 0 Å². The molecule has 1 fully saturated rings. The molecule has 0 aliphatic carbocycles. The Kier molecular flexibility index (Phi) is 5.26. The summed E-state index contributed by atoms with van der Waals surface area (Å²) in [6.07, 6.45) is 2.68. The minimum Gasteiger partial charge on any atom is -0.452 e. The monoisotopic (exact) mass is 487 g/mol. The molecule has 0 saturated carbocycles. The van der Waals surface area contributed by atoms with Crippen molar-refractivity contribution in [1.29, 1.82) is 0 Å². The van der Waals surface area contributed by atoms with Crippen molar-refractivity contribution in [1.82, 2.24) is 29.5 Å². The number of fused-ring (bicyclic) bond motifs is 1. The summed E-state index contributed by atoms with van der Waals surface area (Å²) in [5.41, 5.74) is 2.68. The summed E-state index contributed by atoms with van der Waals surface area (Å²) in [5, 5.41) is 11.5. The lowest BCUT2D eigenvalue weighted by Crippen LogP contribution is -2.18. The van der Waals surface area contributed by atoms with Crippen molar-refractivity contribution in [2.45, 2.75) is 32.2 Å². The zero-order valence-electron chi connectivity index (χ0n) is 19.4. The molecule has 1 aliphatic heterocycles. The van der Waals surface area contributed by atoms with E-state index in [1.165, 1.54) is 22.9 Å². The number of imidazole rings is 1. The summed E-state index contributed by atoms with van der Waals surface area (Å²) in [6, 6.07) is 15.7. The Balaban J connectivity index is 1.17. The first kappa shape index (κ1) is 22.0. The largest absolute Gasteiger partial charge is 0.452 e. The Morgan fingerprint density at radius 1 is 1.14 bits per heavy atom. The maximum absolute atomic E-state index is 15.0. The van der Waals surface area contributed by atoms with Gasteiger partial charge in [0.1, 0.15) is 11.2 Å². The van der Waals surface area contributed by atoms with Crippen LogP contribution in [-0.4, -0.2) is 35.8 Å². The third-order valence-corrected chi connectivity index (χ3v) is 5.86. The fourth-order valence-corrected chi connectivity index (χ4v) is 4.12. The molecule has 4 heterocycles. The molecule has 2 aromatic carbocycles. The minimum absolute atomic E-state index is 0.0241. The van der Waals surface area contributed by atoms with E-state index in [4.69, 9.17) is 9.47 Å². The Bertz CT molecular complexity index is 1610. The van der Waals surface area contributed by atoms with Gasteiger partial charge in [0, 0.05) is 30.1 Å². The molecule has 1 aliphatic rings. The van der Waals surface area contributed by atoms with Gasteiger partial charge in [0.2, 0.25) is 0 Å². The van der Waals surface area contributed by atoms with Gasteiger partial charge in [-0.1, -0.05) is 23.4 Å². The molecule has 6 rings (SSSR count). The molecule has 182 valence electrons. The highest BCUT2D eigenvalue weighted by molar-refractivity contribution is 5.78. The zero-order chi connectivity index (χ0) is 24.8. The van der Waals surface area contributed by atoms with Crippen molar-refractivity contribution in [2.24, 2.45) is 0 Å². The van der Waals surface area contributed by atoms with Gasteiger partial charge in [-0.2, -0.15) is 0 Å². The van der Waals surface area contributed by atoms with Crippen LogP contribution in [0.15, 0.2) is 71.8 Å². The van der Waals surface area contributed by atoms with E-state index in [1.54, 1.807) is 16.8 Å². The predicted molar refractivity (Wildman–Crippen MR) is 130 cm³/mol. The van der Waals surface area contributed by atoms with Gasteiger partial charge < -0.3 is 14.8 Å². The standard InChI is InChI=1S/C25H22FN7O3/c1-14(2)33-21-20(10-11-27-23(21)29-25(33)34)35-19-9-8-15(12-17(19)26)28-24-22(36-24)18-13-32(31-30-18)16-6-4-3-5-7-16/h3-14,22,24,28H,1-2H3,(H,27,29,34). The van der Waals surface area contributed by atoms with E-state index in [0.717, 1.165) is 5.69 Å². The quantitative estimate of drug-likeness (QED) is 0.328. The molecular weight excluding hydrogens is 465 g/mol. The number of pyridine rings is 1. The Hall–Kier alpha value is -4.51. The molecule has 2 N–H and O–H groups in total. The highest BCUT2D eigenvalue weighted by atomic mass is 19.1. The number of aromatic amines is 1. The summed E-state index contributed by atoms with van der Waals surface area (Å²) >= 11 is 0. The molecule has 0 spiro atoms. The fraction of sp³-hybridized carbons (Fsp3) is 0.200. The third kappa shape index (κ3) is 3.99. The normalized spacial score (nSPS) is 17.0. The van der Waals surface area contributed by atoms with Crippen LogP contribution in [0.1, 0.15) is 31.7 Å². The van der Waals surface area contributed by atoms with Crippen molar-refractivity contribution in [3.05, 3.63) is 89.0 Å². The second-order valence-electron chi connectivity index (χ2n) is 8.69. The molecule has 0 radical (unpaired) electrons. The molecule has 36 heavy (non-hydrogen) atoms. The summed E-state index contributed by atoms with van der Waals surface area (Å²) in [4.78, 5) is 19.2. The summed E-state index contributed by atoms with van der Waals surface area (Å²) < 4.78 is 29.7. The second kappa shape index (κ2) is 8.61. The van der Waals surface area contributed by atoms with Crippen LogP contribution in [0.3, 0.4) is 0 Å². The van der Waals surface area contributed by atoms with Crippen LogP contribution < -0.4 is 15.7 Å². The maximum atomic E-state index is 15.0. The molecule has 2 atom stereocenters. The number of benzene rings is 2. The summed E-state index contributed by atoms with van der Waals surface area (Å²) in [7, 11) is 0. The molecular formula is C25H22FN7O3. The average molecular weight is 487 g/mol. The van der Waals surface area contributed by atoms with Crippen LogP contribution in [0, 0.1) is 5.82 Å². The summed E-state index contributed by atoms with van der Waals surface area (Å²) in [6.45, 7) is 3.75. The lowest BCUT2D eigenvalue weighted by molar-refractivity contribution is 0.383. The number of nitrogens with one attached hydrogen (secondary N) is 2. The number of hydrogen-bond acceptors (Lipinski definition) is 7. The number of hydrogen-bond donors (Lipinski definition) is 2. The first-order chi connectivity index (χ1) is 17.5. The van der Waals surface area contributed by atoms with Gasteiger partial charge in [-0.05, 0) is 38.1 Å². The number of para-hydroxylation sites is 1. The van der Waals surface area contributed by atoms with Crippen LogP contribution in [-0.2, 0) is 4.74 Å². The first-order valence-corrected chi connectivity index (χ1v) is 11.4. The van der Waals surface area contributed by atoms with E-state index in [-0.39, 0.29) is 29.8 Å². The first-order valence-electron chi connectivity index (χ1n) is 11.4. The smallest absolute Gasteiger partial charge is 0.328 e. The molecule has 10 nitrogen and oxygen atoms in total. The van der Waals surface area contributed by atoms with E-state index in [2.05, 4.69) is 25.6 Å². The molecule has 3 aromatic heterocycles. The van der Waals surface area contributed by atoms with Gasteiger partial charge in [0.25, 0.3) is 0 Å². The number of H-pyrrole nitrogens is 1. The lowest BCUT2D eigenvalue weighted by Gasteiger charge is -2.12. The number of aromatic nitrogens is 6. The zero-order valence-corrected chi connectivity index (χ0v) is 19.4. The highest BCUT2D eigenvalue weighted by Gasteiger charge is 2.42. The molecule has 1 saturated heterocycles. The molecule has 5 aromatic rings. The average Bonchev–Trinajstić information content (AvgIpc) is 3.29. The van der Waals surface area contributed by atoms with Gasteiger partial charge >= 0.3 is 5.69 Å². The molecule has 0 bridgehead atoms. The number of ether oxygens (including phenoxy) is 2. The van der Waals surface area contributed by atoms with Crippen molar-refractivity contribution < 1.29 is 13.9 Å². The highest BCUT2D eigenvalue weighted by Crippen LogP contribution is 2.39. The Morgan fingerprint density at radius 2 is 1.97 bits per heavy atom. The van der Waals surface area contributed by atoms with Crippen LogP contribution in [0.5, 0.6) is 11.5 Å². The topological polar surface area (TPSA) is 115 Å². The van der Waals surface area contributed by atoms with Crippen LogP contribution in [0.25, 0.3) is 16.9 Å². The van der Waals surface area contributed by atoms with Crippen molar-refractivity contribution in [3.63, 3.8) is 0 Å². The van der Waals surface area contributed by atoms with E-state index in [1.807, 2.05) is 50.4 Å². The number of epoxide rings is 1. The van der Waals surface area contributed by atoms with E-state index in [0.29, 0.717) is 28.3 Å². The number of halogens is 1. The minimum atomic E-state index is -0.564. The fourth-order valence-electron chi connectivity index (χ4n) is 4.12. The Morgan fingerprint density at radius 3 is 2.75 bits per heavy atom. The predicted octanol–water partition coefficient (Wildman–Crippen LogP) is 4.33. The van der Waals surface area contributed by atoms with Crippen LogP contribution in [0.4, 0.5) is 10.1 Å². The van der Waals surface area contributed by atoms with Crippen molar-refractivity contribution in [3.8, 4) is 17.2 Å². The molecule has 0 amide bonds. The second-order valence-corrected chi connectivity index (χ2v) is 8.69. The maximum Gasteiger partial charge on any atom is 0.328 e. The van der Waals surface area contributed by atoms with Crippen molar-refractivity contribution >= 4 is 16.9 Å². The third-order valence-electron chi connectivity index (χ3n) is 5.86. The summed E-state index contributed by atoms with van der Waals surface area (Å²) in [5.74, 6) is -0.207. The van der Waals surface area contributed by atoms with Gasteiger partial charge in [-0.15, -0.1) is 5.10 Å². The Labute approximate surface area is 204 Å². The SMILES string of the molecule is CC(C)n1c(=O)[nH]c2nccc(Oc3ccc(NC4OC4c4cn(-c5ccccc5)nn4)cc3F)c21. The number of rotatable bonds is 7. The van der Waals surface area contributed by atoms with E-state index < -0.39 is 5.82 Å².